The highest BCUT2D eigenvalue weighted by Gasteiger charge is 2.42. The number of aliphatic hydroxyl groups is 1. The summed E-state index contributed by atoms with van der Waals surface area (Å²) in [6, 6.07) is 10.4. The number of carbonyl (C=O) groups is 1. The first-order valence-corrected chi connectivity index (χ1v) is 12.1. The van der Waals surface area contributed by atoms with Crippen LogP contribution in [-0.2, 0) is 16.9 Å². The average molecular weight is 509 g/mol. The summed E-state index contributed by atoms with van der Waals surface area (Å²) in [5.41, 5.74) is 3.80. The van der Waals surface area contributed by atoms with Gasteiger partial charge in [0.15, 0.2) is 0 Å². The van der Waals surface area contributed by atoms with Crippen molar-refractivity contribution in [3.63, 3.8) is 0 Å². The third kappa shape index (κ3) is 6.52. The van der Waals surface area contributed by atoms with Crippen molar-refractivity contribution in [3.8, 4) is 0 Å². The van der Waals surface area contributed by atoms with Crippen molar-refractivity contribution in [2.75, 3.05) is 13.1 Å². The van der Waals surface area contributed by atoms with Crippen LogP contribution in [0.25, 0.3) is 0 Å². The van der Waals surface area contributed by atoms with Crippen LogP contribution in [0.2, 0.25) is 0 Å². The molecular formula is C27H30F2N6O2. The maximum Gasteiger partial charge on any atom is 0.264 e. The number of nitrogens with one attached hydrogen (secondary N) is 1. The van der Waals surface area contributed by atoms with Crippen molar-refractivity contribution in [3.05, 3.63) is 95.1 Å². The van der Waals surface area contributed by atoms with E-state index in [0.29, 0.717) is 25.9 Å². The Balaban J connectivity index is 1.41. The predicted molar refractivity (Wildman–Crippen MR) is 136 cm³/mol. The average Bonchev–Trinajstić information content (AvgIpc) is 3.38. The molecule has 0 saturated carbocycles. The summed E-state index contributed by atoms with van der Waals surface area (Å²) in [5.74, 6) is -1.85. The molecule has 1 amide bonds. The fraction of sp³-hybridized carbons (Fsp3) is 0.333. The molecule has 0 unspecified atom stereocenters. The largest absolute Gasteiger partial charge is 0.381 e. The second kappa shape index (κ2) is 11.5. The Kier molecular flexibility index (Phi) is 8.20. The van der Waals surface area contributed by atoms with E-state index < -0.39 is 23.3 Å². The number of hydrazone groups is 1. The second-order valence-electron chi connectivity index (χ2n) is 9.30. The van der Waals surface area contributed by atoms with Gasteiger partial charge >= 0.3 is 0 Å². The summed E-state index contributed by atoms with van der Waals surface area (Å²) in [6.45, 7) is 4.85. The molecule has 1 saturated heterocycles. The van der Waals surface area contributed by atoms with Gasteiger partial charge in [-0.25, -0.2) is 23.9 Å². The summed E-state index contributed by atoms with van der Waals surface area (Å²) in [7, 11) is 0. The van der Waals surface area contributed by atoms with Crippen LogP contribution in [0.4, 0.5) is 8.78 Å². The SMILES string of the molecule is Cc1ccc(C=NNC(=O)C=C2CCN([C@H](C)[C@](O)(Cn3cncn3)c3ccc(F)cc3F)CC2)cc1. The summed E-state index contributed by atoms with van der Waals surface area (Å²) in [4.78, 5) is 18.3. The number of likely N-dealkylation sites (tertiary alicyclic amines) is 1. The number of amides is 1. The van der Waals surface area contributed by atoms with Crippen LogP contribution in [0.1, 0.15) is 36.5 Å². The normalized spacial score (nSPS) is 16.9. The van der Waals surface area contributed by atoms with Crippen LogP contribution in [0.3, 0.4) is 0 Å². The Hall–Kier alpha value is -3.76. The molecule has 0 spiro atoms. The molecule has 3 aromatic rings. The molecule has 2 atom stereocenters. The van der Waals surface area contributed by atoms with Crippen molar-refractivity contribution >= 4 is 12.1 Å². The highest BCUT2D eigenvalue weighted by Crippen LogP contribution is 2.34. The summed E-state index contributed by atoms with van der Waals surface area (Å²) >= 11 is 0. The Morgan fingerprint density at radius 1 is 1.22 bits per heavy atom. The van der Waals surface area contributed by atoms with Crippen molar-refractivity contribution in [2.24, 2.45) is 5.10 Å². The van der Waals surface area contributed by atoms with E-state index in [1.165, 1.54) is 23.4 Å². The smallest absolute Gasteiger partial charge is 0.264 e. The topological polar surface area (TPSA) is 95.6 Å². The van der Waals surface area contributed by atoms with Crippen LogP contribution in [0.5, 0.6) is 0 Å². The Bertz CT molecular complexity index is 1270. The zero-order valence-electron chi connectivity index (χ0n) is 20.8. The van der Waals surface area contributed by atoms with Crippen LogP contribution < -0.4 is 5.43 Å². The summed E-state index contributed by atoms with van der Waals surface area (Å²) in [5, 5.41) is 19.8. The number of hydrogen-bond donors (Lipinski definition) is 2. The highest BCUT2D eigenvalue weighted by molar-refractivity contribution is 5.89. The number of rotatable bonds is 8. The van der Waals surface area contributed by atoms with E-state index in [1.54, 1.807) is 19.2 Å². The van der Waals surface area contributed by atoms with Gasteiger partial charge in [0.2, 0.25) is 0 Å². The lowest BCUT2D eigenvalue weighted by molar-refractivity contribution is -0.116. The minimum absolute atomic E-state index is 0.0101. The molecule has 10 heteroatoms. The van der Waals surface area contributed by atoms with E-state index in [-0.39, 0.29) is 18.0 Å². The standard InChI is InChI=1S/C27H30F2N6O2/c1-19-3-5-22(6-4-19)15-31-33-26(36)13-21-9-11-34(12-10-21)20(2)27(37,16-35-18-30-17-32-35)24-8-7-23(28)14-25(24)29/h3-8,13-15,17-18,20,37H,9-12,16H2,1-2H3,(H,33,36)/t20-,27-/m1/s1. The Labute approximate surface area is 214 Å². The third-order valence-corrected chi connectivity index (χ3v) is 6.75. The maximum absolute atomic E-state index is 14.8. The lowest BCUT2D eigenvalue weighted by Gasteiger charge is -2.43. The molecule has 1 aliphatic heterocycles. The molecular weight excluding hydrogens is 478 g/mol. The fourth-order valence-electron chi connectivity index (χ4n) is 4.53. The second-order valence-corrected chi connectivity index (χ2v) is 9.30. The van der Waals surface area contributed by atoms with Crippen molar-refractivity contribution < 1.29 is 18.7 Å². The zero-order valence-corrected chi connectivity index (χ0v) is 20.8. The molecule has 0 bridgehead atoms. The Morgan fingerprint density at radius 3 is 2.59 bits per heavy atom. The van der Waals surface area contributed by atoms with Gasteiger partial charge in [-0.3, -0.25) is 9.69 Å². The zero-order chi connectivity index (χ0) is 26.4. The maximum atomic E-state index is 14.8. The molecule has 0 aliphatic carbocycles. The van der Waals surface area contributed by atoms with Gasteiger partial charge in [-0.15, -0.1) is 0 Å². The van der Waals surface area contributed by atoms with Gasteiger partial charge in [0.1, 0.15) is 29.9 Å². The van der Waals surface area contributed by atoms with Crippen molar-refractivity contribution in [1.82, 2.24) is 25.1 Å². The van der Waals surface area contributed by atoms with Crippen LogP contribution in [0.15, 0.2) is 71.9 Å². The van der Waals surface area contributed by atoms with E-state index in [9.17, 15) is 18.7 Å². The van der Waals surface area contributed by atoms with Crippen LogP contribution >= 0.6 is 0 Å². The van der Waals surface area contributed by atoms with Gasteiger partial charge in [-0.1, -0.05) is 41.5 Å². The number of nitrogens with zero attached hydrogens (tertiary/aromatic N) is 5. The number of halogens is 2. The van der Waals surface area contributed by atoms with E-state index >= 15 is 0 Å². The number of carbonyl (C=O) groups excluding carboxylic acids is 1. The molecule has 37 heavy (non-hydrogen) atoms. The number of benzene rings is 2. The predicted octanol–water partition coefficient (Wildman–Crippen LogP) is 3.31. The van der Waals surface area contributed by atoms with Gasteiger partial charge < -0.3 is 5.11 Å². The molecule has 1 aliphatic rings. The Morgan fingerprint density at radius 2 is 1.95 bits per heavy atom. The molecule has 2 N–H and O–H groups in total. The van der Waals surface area contributed by atoms with Gasteiger partial charge in [0.25, 0.3) is 5.91 Å². The monoisotopic (exact) mass is 508 g/mol. The quantitative estimate of drug-likeness (QED) is 0.277. The van der Waals surface area contributed by atoms with Crippen LogP contribution in [-0.4, -0.2) is 56.0 Å². The fourth-order valence-corrected chi connectivity index (χ4v) is 4.53. The van der Waals surface area contributed by atoms with Gasteiger partial charge in [-0.05, 0) is 38.3 Å². The lowest BCUT2D eigenvalue weighted by Crippen LogP contribution is -2.53. The highest BCUT2D eigenvalue weighted by atomic mass is 19.1. The van der Waals surface area contributed by atoms with Gasteiger partial charge in [0, 0.05) is 36.8 Å². The van der Waals surface area contributed by atoms with Crippen molar-refractivity contribution in [2.45, 2.75) is 44.9 Å². The van der Waals surface area contributed by atoms with Crippen LogP contribution in [0, 0.1) is 18.6 Å². The number of piperidine rings is 1. The minimum atomic E-state index is -1.70. The summed E-state index contributed by atoms with van der Waals surface area (Å²) < 4.78 is 29.8. The van der Waals surface area contributed by atoms with E-state index in [4.69, 9.17) is 0 Å². The first-order chi connectivity index (χ1) is 17.7. The number of hydrogen-bond acceptors (Lipinski definition) is 6. The molecule has 1 aromatic heterocycles. The molecule has 8 nitrogen and oxygen atoms in total. The van der Waals surface area contributed by atoms with E-state index in [0.717, 1.165) is 28.8 Å². The molecule has 0 radical (unpaired) electrons. The first kappa shape index (κ1) is 26.3. The lowest BCUT2D eigenvalue weighted by atomic mass is 9.84. The van der Waals surface area contributed by atoms with E-state index in [2.05, 4.69) is 20.6 Å². The minimum Gasteiger partial charge on any atom is -0.381 e. The van der Waals surface area contributed by atoms with Crippen molar-refractivity contribution in [1.29, 1.82) is 0 Å². The first-order valence-electron chi connectivity index (χ1n) is 12.1. The number of aryl methyl sites for hydroxylation is 1. The van der Waals surface area contributed by atoms with E-state index in [1.807, 2.05) is 36.1 Å². The molecule has 2 aromatic carbocycles. The number of aromatic nitrogens is 3. The molecule has 194 valence electrons. The van der Waals surface area contributed by atoms with Gasteiger partial charge in [0.05, 0.1) is 12.8 Å². The molecule has 1 fully saturated rings. The molecule has 2 heterocycles. The summed E-state index contributed by atoms with van der Waals surface area (Å²) in [6.07, 6.45) is 7.12. The third-order valence-electron chi connectivity index (χ3n) is 6.75. The van der Waals surface area contributed by atoms with Gasteiger partial charge in [-0.2, -0.15) is 10.2 Å². The molecule has 4 rings (SSSR count).